The average molecular weight is 302 g/mol. The van der Waals surface area contributed by atoms with Gasteiger partial charge in [0.25, 0.3) is 0 Å². The van der Waals surface area contributed by atoms with Gasteiger partial charge in [0.2, 0.25) is 0 Å². The molecule has 1 aliphatic heterocycles. The van der Waals surface area contributed by atoms with Crippen LogP contribution in [0.15, 0.2) is 30.6 Å². The number of rotatable bonds is 2. The average Bonchev–Trinajstić information content (AvgIpc) is 2.92. The first-order chi connectivity index (χ1) is 10.2. The monoisotopic (exact) mass is 302 g/mol. The van der Waals surface area contributed by atoms with E-state index in [4.69, 9.17) is 9.31 Å². The normalized spacial score (nSPS) is 19.6. The van der Waals surface area contributed by atoms with Crippen LogP contribution < -0.4 is 5.46 Å². The van der Waals surface area contributed by atoms with Gasteiger partial charge in [-0.15, -0.1) is 0 Å². The molecule has 2 heterocycles. The molecule has 0 unspecified atom stereocenters. The Morgan fingerprint density at radius 3 is 2.32 bits per heavy atom. The molecule has 3 rings (SSSR count). The molecule has 1 aliphatic rings. The van der Waals surface area contributed by atoms with Gasteiger partial charge in [0.15, 0.2) is 0 Å². The minimum atomic E-state index is -0.707. The maximum atomic E-state index is 14.9. The SMILES string of the molecule is Cn1cc(-c2cccc(B3OC(C)(C)C(C)(C)O3)c2F)cn1. The predicted molar refractivity (Wildman–Crippen MR) is 84.3 cm³/mol. The fourth-order valence-corrected chi connectivity index (χ4v) is 2.49. The number of halogens is 1. The summed E-state index contributed by atoms with van der Waals surface area (Å²) in [4.78, 5) is 0. The van der Waals surface area contributed by atoms with Crippen LogP contribution in [0.5, 0.6) is 0 Å². The maximum Gasteiger partial charge on any atom is 0.497 e. The lowest BCUT2D eigenvalue weighted by Gasteiger charge is -2.32. The summed E-state index contributed by atoms with van der Waals surface area (Å²) in [5, 5.41) is 4.09. The summed E-state index contributed by atoms with van der Waals surface area (Å²) in [7, 11) is 1.10. The van der Waals surface area contributed by atoms with Gasteiger partial charge >= 0.3 is 7.12 Å². The third-order valence-electron chi connectivity index (χ3n) is 4.55. The third-order valence-corrected chi connectivity index (χ3v) is 4.55. The lowest BCUT2D eigenvalue weighted by Crippen LogP contribution is -2.41. The highest BCUT2D eigenvalue weighted by atomic mass is 19.1. The van der Waals surface area contributed by atoms with Crippen LogP contribution >= 0.6 is 0 Å². The summed E-state index contributed by atoms with van der Waals surface area (Å²) in [6.07, 6.45) is 3.43. The molecule has 0 bridgehead atoms. The van der Waals surface area contributed by atoms with Crippen LogP contribution in [-0.2, 0) is 16.4 Å². The van der Waals surface area contributed by atoms with Crippen molar-refractivity contribution in [3.8, 4) is 11.1 Å². The smallest absolute Gasteiger partial charge is 0.399 e. The Kier molecular flexibility index (Phi) is 3.42. The first kappa shape index (κ1) is 15.2. The largest absolute Gasteiger partial charge is 0.497 e. The van der Waals surface area contributed by atoms with Crippen molar-refractivity contribution in [3.05, 3.63) is 36.4 Å². The summed E-state index contributed by atoms with van der Waals surface area (Å²) in [6, 6.07) is 5.25. The van der Waals surface area contributed by atoms with Gasteiger partial charge in [0.05, 0.1) is 17.4 Å². The van der Waals surface area contributed by atoms with E-state index in [9.17, 15) is 4.39 Å². The molecule has 4 nitrogen and oxygen atoms in total. The molecule has 0 aliphatic carbocycles. The molecule has 0 amide bonds. The summed E-state index contributed by atoms with van der Waals surface area (Å²) < 4.78 is 28.5. The summed E-state index contributed by atoms with van der Waals surface area (Å²) >= 11 is 0. The summed E-state index contributed by atoms with van der Waals surface area (Å²) in [5.74, 6) is -0.325. The Bertz CT molecular complexity index is 696. The van der Waals surface area contributed by atoms with Gasteiger partial charge in [-0.2, -0.15) is 5.10 Å². The van der Waals surface area contributed by atoms with Crippen LogP contribution in [0.4, 0.5) is 4.39 Å². The summed E-state index contributed by atoms with van der Waals surface area (Å²) in [5.41, 5.74) is 0.668. The highest BCUT2D eigenvalue weighted by Crippen LogP contribution is 2.37. The first-order valence-corrected chi connectivity index (χ1v) is 7.34. The quantitative estimate of drug-likeness (QED) is 0.800. The molecule has 0 spiro atoms. The second-order valence-electron chi connectivity index (χ2n) is 6.70. The minimum absolute atomic E-state index is 0.325. The van der Waals surface area contributed by atoms with Crippen LogP contribution in [0.1, 0.15) is 27.7 Å². The second-order valence-corrected chi connectivity index (χ2v) is 6.70. The number of aromatic nitrogens is 2. The van der Waals surface area contributed by atoms with Crippen molar-refractivity contribution in [3.63, 3.8) is 0 Å². The van der Waals surface area contributed by atoms with Gasteiger partial charge < -0.3 is 9.31 Å². The highest BCUT2D eigenvalue weighted by Gasteiger charge is 2.52. The molecule has 2 aromatic rings. The molecule has 1 aromatic carbocycles. The van der Waals surface area contributed by atoms with E-state index in [2.05, 4.69) is 5.10 Å². The Morgan fingerprint density at radius 1 is 1.14 bits per heavy atom. The zero-order valence-electron chi connectivity index (χ0n) is 13.6. The van der Waals surface area contributed by atoms with E-state index < -0.39 is 18.3 Å². The first-order valence-electron chi connectivity index (χ1n) is 7.34. The Hall–Kier alpha value is -1.66. The van der Waals surface area contributed by atoms with Crippen LogP contribution in [-0.4, -0.2) is 28.1 Å². The highest BCUT2D eigenvalue weighted by molar-refractivity contribution is 6.62. The molecule has 1 fully saturated rings. The van der Waals surface area contributed by atoms with Crippen molar-refractivity contribution >= 4 is 12.6 Å². The van der Waals surface area contributed by atoms with E-state index in [1.807, 2.05) is 33.8 Å². The molecule has 0 atom stereocenters. The summed E-state index contributed by atoms with van der Waals surface area (Å²) in [6.45, 7) is 7.82. The zero-order valence-corrected chi connectivity index (χ0v) is 13.6. The van der Waals surface area contributed by atoms with Crippen LogP contribution in [0.3, 0.4) is 0 Å². The lowest BCUT2D eigenvalue weighted by molar-refractivity contribution is 0.00578. The van der Waals surface area contributed by atoms with Crippen LogP contribution in [0, 0.1) is 5.82 Å². The second kappa shape index (κ2) is 4.93. The van der Waals surface area contributed by atoms with Crippen molar-refractivity contribution in [1.82, 2.24) is 9.78 Å². The lowest BCUT2D eigenvalue weighted by atomic mass is 9.77. The molecule has 0 saturated carbocycles. The molecule has 0 N–H and O–H groups in total. The van der Waals surface area contributed by atoms with Gasteiger partial charge in [-0.25, -0.2) is 4.39 Å². The van der Waals surface area contributed by atoms with Crippen molar-refractivity contribution in [2.45, 2.75) is 38.9 Å². The van der Waals surface area contributed by atoms with Crippen molar-refractivity contribution < 1.29 is 13.7 Å². The maximum absolute atomic E-state index is 14.9. The van der Waals surface area contributed by atoms with E-state index in [1.165, 1.54) is 0 Å². The fraction of sp³-hybridized carbons (Fsp3) is 0.438. The van der Waals surface area contributed by atoms with Crippen LogP contribution in [0.25, 0.3) is 11.1 Å². The number of hydrogen-bond acceptors (Lipinski definition) is 3. The molecule has 22 heavy (non-hydrogen) atoms. The van der Waals surface area contributed by atoms with Crippen molar-refractivity contribution in [2.75, 3.05) is 0 Å². The van der Waals surface area contributed by atoms with E-state index in [0.717, 1.165) is 5.56 Å². The molecular formula is C16H20BFN2O2. The molecule has 116 valence electrons. The van der Waals surface area contributed by atoms with Crippen LogP contribution in [0.2, 0.25) is 0 Å². The van der Waals surface area contributed by atoms with E-state index in [0.29, 0.717) is 11.0 Å². The number of nitrogens with zero attached hydrogens (tertiary/aromatic N) is 2. The van der Waals surface area contributed by atoms with E-state index in [1.54, 1.807) is 36.3 Å². The molecule has 1 aromatic heterocycles. The van der Waals surface area contributed by atoms with Gasteiger partial charge in [-0.1, -0.05) is 18.2 Å². The minimum Gasteiger partial charge on any atom is -0.399 e. The fourth-order valence-electron chi connectivity index (χ4n) is 2.49. The Morgan fingerprint density at radius 2 is 1.77 bits per heavy atom. The number of hydrogen-bond donors (Lipinski definition) is 0. The van der Waals surface area contributed by atoms with Gasteiger partial charge in [0.1, 0.15) is 5.82 Å². The predicted octanol–water partition coefficient (Wildman–Crippen LogP) is 2.53. The van der Waals surface area contributed by atoms with Crippen molar-refractivity contribution in [1.29, 1.82) is 0 Å². The Balaban J connectivity index is 2.00. The third kappa shape index (κ3) is 2.36. The molecule has 6 heteroatoms. The van der Waals surface area contributed by atoms with Gasteiger partial charge in [0, 0.05) is 29.8 Å². The molecular weight excluding hydrogens is 282 g/mol. The zero-order chi connectivity index (χ0) is 16.1. The van der Waals surface area contributed by atoms with Gasteiger partial charge in [-0.05, 0) is 27.7 Å². The van der Waals surface area contributed by atoms with Crippen molar-refractivity contribution in [2.24, 2.45) is 7.05 Å². The van der Waals surface area contributed by atoms with Gasteiger partial charge in [-0.3, -0.25) is 4.68 Å². The number of benzene rings is 1. The number of aryl methyl sites for hydroxylation is 1. The van der Waals surface area contributed by atoms with E-state index in [-0.39, 0.29) is 5.82 Å². The van der Waals surface area contributed by atoms with E-state index >= 15 is 0 Å². The Labute approximate surface area is 130 Å². The molecule has 1 saturated heterocycles. The standard InChI is InChI=1S/C16H20BFN2O2/c1-15(2)16(3,4)22-17(21-15)13-8-6-7-12(14(13)18)11-9-19-20(5)10-11/h6-10H,1-5H3. The topological polar surface area (TPSA) is 36.3 Å². The molecule has 0 radical (unpaired) electrons.